The van der Waals surface area contributed by atoms with Crippen molar-refractivity contribution in [3.05, 3.63) is 66.4 Å². The first-order chi connectivity index (χ1) is 11.1. The van der Waals surface area contributed by atoms with Gasteiger partial charge in [0.25, 0.3) is 0 Å². The van der Waals surface area contributed by atoms with E-state index in [-0.39, 0.29) is 0 Å². The van der Waals surface area contributed by atoms with Crippen LogP contribution in [0.2, 0.25) is 0 Å². The number of benzene rings is 2. The van der Waals surface area contributed by atoms with E-state index in [1.807, 2.05) is 18.2 Å². The molecule has 0 saturated carbocycles. The zero-order valence-electron chi connectivity index (χ0n) is 12.2. The fourth-order valence-electron chi connectivity index (χ4n) is 2.13. The number of primary amides is 1. The van der Waals surface area contributed by atoms with Crippen molar-refractivity contribution >= 4 is 23.2 Å². The smallest absolute Gasteiger partial charge is 0.248 e. The van der Waals surface area contributed by atoms with Gasteiger partial charge in [0.15, 0.2) is 0 Å². The van der Waals surface area contributed by atoms with Gasteiger partial charge < -0.3 is 16.8 Å². The molecule has 0 aliphatic rings. The summed E-state index contributed by atoms with van der Waals surface area (Å²) in [6, 6.07) is 16.1. The van der Waals surface area contributed by atoms with Gasteiger partial charge in [-0.1, -0.05) is 18.2 Å². The summed E-state index contributed by atoms with van der Waals surface area (Å²) < 4.78 is 0. The number of nitrogens with one attached hydrogen (secondary N) is 1. The second-order valence-corrected chi connectivity index (χ2v) is 4.96. The molecule has 0 atom stereocenters. The third-order valence-corrected chi connectivity index (χ3v) is 3.26. The van der Waals surface area contributed by atoms with Crippen molar-refractivity contribution < 1.29 is 4.79 Å². The summed E-state index contributed by atoms with van der Waals surface area (Å²) in [6.45, 7) is 0. The van der Waals surface area contributed by atoms with Crippen molar-refractivity contribution in [3.63, 3.8) is 0 Å². The summed E-state index contributed by atoms with van der Waals surface area (Å²) in [5.41, 5.74) is 14.5. The van der Waals surface area contributed by atoms with Crippen molar-refractivity contribution in [2.75, 3.05) is 11.1 Å². The van der Waals surface area contributed by atoms with E-state index in [9.17, 15) is 4.79 Å². The molecule has 0 unspecified atom stereocenters. The molecule has 1 amide bonds. The van der Waals surface area contributed by atoms with Crippen LogP contribution in [-0.4, -0.2) is 15.9 Å². The lowest BCUT2D eigenvalue weighted by Gasteiger charge is -2.07. The molecule has 0 fully saturated rings. The van der Waals surface area contributed by atoms with Crippen LogP contribution in [0.4, 0.5) is 17.3 Å². The lowest BCUT2D eigenvalue weighted by molar-refractivity contribution is 0.100. The molecule has 6 nitrogen and oxygen atoms in total. The predicted octanol–water partition coefficient (Wildman–Crippen LogP) is 2.57. The highest BCUT2D eigenvalue weighted by atomic mass is 16.1. The summed E-state index contributed by atoms with van der Waals surface area (Å²) in [5.74, 6) is 0.00957. The minimum atomic E-state index is -0.455. The number of anilines is 3. The normalized spacial score (nSPS) is 10.3. The number of hydrogen-bond acceptors (Lipinski definition) is 5. The molecule has 2 aromatic carbocycles. The van der Waals surface area contributed by atoms with Crippen LogP contribution in [0.5, 0.6) is 0 Å². The Kier molecular flexibility index (Phi) is 3.88. The Morgan fingerprint density at radius 2 is 1.83 bits per heavy atom. The Bertz CT molecular complexity index is 846. The van der Waals surface area contributed by atoms with Crippen molar-refractivity contribution in [2.45, 2.75) is 0 Å². The lowest BCUT2D eigenvalue weighted by atomic mass is 10.1. The molecule has 0 bridgehead atoms. The molecule has 0 spiro atoms. The van der Waals surface area contributed by atoms with Crippen LogP contribution in [0.15, 0.2) is 60.8 Å². The topological polar surface area (TPSA) is 107 Å². The Morgan fingerprint density at radius 3 is 2.52 bits per heavy atom. The zero-order valence-corrected chi connectivity index (χ0v) is 12.2. The van der Waals surface area contributed by atoms with Gasteiger partial charge in [-0.3, -0.25) is 4.79 Å². The number of nitrogen functional groups attached to an aromatic ring is 1. The van der Waals surface area contributed by atoms with E-state index in [1.165, 1.54) is 0 Å². The van der Waals surface area contributed by atoms with Crippen LogP contribution in [0, 0.1) is 0 Å². The maximum Gasteiger partial charge on any atom is 0.248 e. The molecule has 6 heteroatoms. The third kappa shape index (κ3) is 3.44. The first kappa shape index (κ1) is 14.5. The minimum absolute atomic E-state index is 0.455. The molecule has 3 rings (SSSR count). The van der Waals surface area contributed by atoms with E-state index >= 15 is 0 Å². The summed E-state index contributed by atoms with van der Waals surface area (Å²) in [6.07, 6.45) is 1.67. The number of carbonyl (C=O) groups is 1. The molecule has 5 N–H and O–H groups in total. The average Bonchev–Trinajstić information content (AvgIpc) is 2.55. The molecular weight excluding hydrogens is 290 g/mol. The first-order valence-electron chi connectivity index (χ1n) is 6.98. The standard InChI is InChI=1S/C17H15N5O/c18-13-2-1-3-14(10-13)21-17-20-9-8-15(22-17)11-4-6-12(7-5-11)16(19)23/h1-10H,18H2,(H2,19,23)(H,20,21,22). The van der Waals surface area contributed by atoms with Crippen LogP contribution in [-0.2, 0) is 0 Å². The van der Waals surface area contributed by atoms with Crippen LogP contribution in [0.25, 0.3) is 11.3 Å². The average molecular weight is 305 g/mol. The molecule has 3 aromatic rings. The number of hydrogen-bond donors (Lipinski definition) is 3. The van der Waals surface area contributed by atoms with Crippen molar-refractivity contribution in [1.29, 1.82) is 0 Å². The highest BCUT2D eigenvalue weighted by molar-refractivity contribution is 5.93. The van der Waals surface area contributed by atoms with Gasteiger partial charge in [-0.25, -0.2) is 9.97 Å². The van der Waals surface area contributed by atoms with E-state index in [2.05, 4.69) is 15.3 Å². The molecule has 23 heavy (non-hydrogen) atoms. The van der Waals surface area contributed by atoms with E-state index < -0.39 is 5.91 Å². The van der Waals surface area contributed by atoms with Crippen LogP contribution in [0.3, 0.4) is 0 Å². The quantitative estimate of drug-likeness (QED) is 0.642. The van der Waals surface area contributed by atoms with Gasteiger partial charge in [0.05, 0.1) is 5.69 Å². The van der Waals surface area contributed by atoms with Gasteiger partial charge in [0.2, 0.25) is 11.9 Å². The lowest BCUT2D eigenvalue weighted by Crippen LogP contribution is -2.10. The van der Waals surface area contributed by atoms with Gasteiger partial charge in [0, 0.05) is 28.7 Å². The molecule has 1 aromatic heterocycles. The van der Waals surface area contributed by atoms with Gasteiger partial charge in [-0.05, 0) is 36.4 Å². The fraction of sp³-hybridized carbons (Fsp3) is 0. The molecule has 0 saturated heterocycles. The van der Waals surface area contributed by atoms with Crippen molar-refractivity contribution in [1.82, 2.24) is 9.97 Å². The molecular formula is C17H15N5O. The van der Waals surface area contributed by atoms with Crippen LogP contribution in [0.1, 0.15) is 10.4 Å². The Hall–Kier alpha value is -3.41. The zero-order chi connectivity index (χ0) is 16.2. The van der Waals surface area contributed by atoms with Gasteiger partial charge in [0.1, 0.15) is 0 Å². The molecule has 1 heterocycles. The van der Waals surface area contributed by atoms with E-state index in [1.54, 1.807) is 42.6 Å². The first-order valence-corrected chi connectivity index (χ1v) is 6.98. The minimum Gasteiger partial charge on any atom is -0.399 e. The summed E-state index contributed by atoms with van der Waals surface area (Å²) in [7, 11) is 0. The van der Waals surface area contributed by atoms with Gasteiger partial charge in [-0.15, -0.1) is 0 Å². The van der Waals surface area contributed by atoms with Gasteiger partial charge in [-0.2, -0.15) is 0 Å². The number of amides is 1. The molecule has 0 aliphatic carbocycles. The highest BCUT2D eigenvalue weighted by Gasteiger charge is 2.05. The van der Waals surface area contributed by atoms with E-state index in [0.717, 1.165) is 16.9 Å². The number of nitrogens with two attached hydrogens (primary N) is 2. The number of carbonyl (C=O) groups excluding carboxylic acids is 1. The van der Waals surface area contributed by atoms with Crippen LogP contribution < -0.4 is 16.8 Å². The third-order valence-electron chi connectivity index (χ3n) is 3.26. The number of aromatic nitrogens is 2. The summed E-state index contributed by atoms with van der Waals surface area (Å²) >= 11 is 0. The van der Waals surface area contributed by atoms with Crippen LogP contribution >= 0.6 is 0 Å². The Morgan fingerprint density at radius 1 is 1.04 bits per heavy atom. The highest BCUT2D eigenvalue weighted by Crippen LogP contribution is 2.20. The second-order valence-electron chi connectivity index (χ2n) is 4.96. The fourth-order valence-corrected chi connectivity index (χ4v) is 2.13. The Labute approximate surface area is 133 Å². The Balaban J connectivity index is 1.86. The number of nitrogens with zero attached hydrogens (tertiary/aromatic N) is 2. The van der Waals surface area contributed by atoms with Gasteiger partial charge >= 0.3 is 0 Å². The molecule has 0 aliphatic heterocycles. The largest absolute Gasteiger partial charge is 0.399 e. The van der Waals surface area contributed by atoms with Crippen molar-refractivity contribution in [3.8, 4) is 11.3 Å². The summed E-state index contributed by atoms with van der Waals surface area (Å²) in [4.78, 5) is 19.8. The maximum absolute atomic E-state index is 11.1. The van der Waals surface area contributed by atoms with E-state index in [4.69, 9.17) is 11.5 Å². The predicted molar refractivity (Wildman–Crippen MR) is 90.1 cm³/mol. The summed E-state index contributed by atoms with van der Waals surface area (Å²) in [5, 5.41) is 3.11. The van der Waals surface area contributed by atoms with Crippen molar-refractivity contribution in [2.24, 2.45) is 5.73 Å². The number of rotatable bonds is 4. The monoisotopic (exact) mass is 305 g/mol. The maximum atomic E-state index is 11.1. The molecule has 0 radical (unpaired) electrons. The second kappa shape index (κ2) is 6.15. The van der Waals surface area contributed by atoms with E-state index in [0.29, 0.717) is 17.2 Å². The molecule has 114 valence electrons. The SMILES string of the molecule is NC(=O)c1ccc(-c2ccnc(Nc3cccc(N)c3)n2)cc1.